The molecule has 2 aromatic rings. The molecule has 0 aromatic heterocycles. The Morgan fingerprint density at radius 3 is 2.81 bits per heavy atom. The molecule has 0 amide bonds. The van der Waals surface area contributed by atoms with Crippen LogP contribution in [-0.4, -0.2) is 24.2 Å². The van der Waals surface area contributed by atoms with Crippen molar-refractivity contribution in [2.75, 3.05) is 18.0 Å². The molecule has 5 heteroatoms. The minimum atomic E-state index is -0.927. The molecule has 4 nitrogen and oxygen atoms in total. The van der Waals surface area contributed by atoms with Crippen LogP contribution in [0.3, 0.4) is 0 Å². The number of ether oxygens (including phenoxy) is 1. The van der Waals surface area contributed by atoms with Crippen LogP contribution in [0.1, 0.15) is 36.0 Å². The molecule has 1 fully saturated rings. The first-order chi connectivity index (χ1) is 13.1. The quantitative estimate of drug-likeness (QED) is 0.758. The lowest BCUT2D eigenvalue weighted by Gasteiger charge is -2.22. The number of halogens is 1. The van der Waals surface area contributed by atoms with Gasteiger partial charge >= 0.3 is 5.97 Å². The number of fused-ring (bicyclic) bond motifs is 1. The van der Waals surface area contributed by atoms with Crippen molar-refractivity contribution >= 4 is 11.7 Å². The lowest BCUT2D eigenvalue weighted by atomic mass is 10.1. The first-order valence-electron chi connectivity index (χ1n) is 9.59. The zero-order valence-electron chi connectivity index (χ0n) is 15.3. The van der Waals surface area contributed by atoms with Gasteiger partial charge in [0.25, 0.3) is 0 Å². The van der Waals surface area contributed by atoms with E-state index >= 15 is 0 Å². The summed E-state index contributed by atoms with van der Waals surface area (Å²) < 4.78 is 20.0. The Morgan fingerprint density at radius 1 is 1.22 bits per heavy atom. The highest BCUT2D eigenvalue weighted by Gasteiger charge is 2.29. The van der Waals surface area contributed by atoms with Gasteiger partial charge in [-0.25, -0.2) is 4.39 Å². The second-order valence-electron chi connectivity index (χ2n) is 7.50. The lowest BCUT2D eigenvalue weighted by molar-refractivity contribution is -0.136. The highest BCUT2D eigenvalue weighted by atomic mass is 19.1. The van der Waals surface area contributed by atoms with Crippen LogP contribution < -0.4 is 9.64 Å². The fraction of sp³-hybridized carbons (Fsp3) is 0.409. The van der Waals surface area contributed by atoms with Crippen molar-refractivity contribution in [2.45, 2.75) is 38.7 Å². The standard InChI is InChI=1S/C22H24FNO3/c23-20-12-19(8-6-16(20)7-9-21(25)26)27-14-18-3-1-2-17-10-11-24(22(17)18)13-15-4-5-15/h1-3,6,8,12,15H,4-5,7,9-11,13-14H2,(H,25,26). The van der Waals surface area contributed by atoms with Crippen LogP contribution in [0.25, 0.3) is 0 Å². The maximum absolute atomic E-state index is 14.2. The van der Waals surface area contributed by atoms with Gasteiger partial charge in [-0.05, 0) is 48.8 Å². The van der Waals surface area contributed by atoms with Crippen molar-refractivity contribution in [3.8, 4) is 5.75 Å². The maximum atomic E-state index is 14.2. The Hall–Kier alpha value is -2.56. The average molecular weight is 369 g/mol. The van der Waals surface area contributed by atoms with Gasteiger partial charge in [0.15, 0.2) is 0 Å². The summed E-state index contributed by atoms with van der Waals surface area (Å²) in [7, 11) is 0. The van der Waals surface area contributed by atoms with Crippen LogP contribution >= 0.6 is 0 Å². The fourth-order valence-corrected chi connectivity index (χ4v) is 3.75. The summed E-state index contributed by atoms with van der Waals surface area (Å²) in [6, 6.07) is 11.0. The van der Waals surface area contributed by atoms with E-state index in [-0.39, 0.29) is 12.8 Å². The van der Waals surface area contributed by atoms with E-state index < -0.39 is 11.8 Å². The van der Waals surface area contributed by atoms with E-state index in [9.17, 15) is 9.18 Å². The molecule has 27 heavy (non-hydrogen) atoms. The number of para-hydroxylation sites is 1. The molecular weight excluding hydrogens is 345 g/mol. The zero-order valence-corrected chi connectivity index (χ0v) is 15.3. The van der Waals surface area contributed by atoms with Crippen molar-refractivity contribution in [3.05, 3.63) is 58.9 Å². The number of benzene rings is 2. The fourth-order valence-electron chi connectivity index (χ4n) is 3.75. The molecular formula is C22H24FNO3. The predicted octanol–water partition coefficient (Wildman–Crippen LogP) is 4.19. The van der Waals surface area contributed by atoms with Crippen LogP contribution in [0.2, 0.25) is 0 Å². The first-order valence-corrected chi connectivity index (χ1v) is 9.59. The molecule has 0 saturated heterocycles. The molecule has 0 radical (unpaired) electrons. The molecule has 1 saturated carbocycles. The van der Waals surface area contributed by atoms with Crippen molar-refractivity contribution in [2.24, 2.45) is 5.92 Å². The van der Waals surface area contributed by atoms with E-state index in [1.807, 2.05) is 0 Å². The van der Waals surface area contributed by atoms with Crippen LogP contribution in [0, 0.1) is 11.7 Å². The van der Waals surface area contributed by atoms with Gasteiger partial charge in [-0.1, -0.05) is 24.3 Å². The van der Waals surface area contributed by atoms with Gasteiger partial charge in [-0.15, -0.1) is 0 Å². The molecule has 4 rings (SSSR count). The van der Waals surface area contributed by atoms with Crippen LogP contribution in [0.4, 0.5) is 10.1 Å². The molecule has 2 aliphatic rings. The van der Waals surface area contributed by atoms with Gasteiger partial charge in [0, 0.05) is 36.8 Å². The molecule has 0 spiro atoms. The Balaban J connectivity index is 1.44. The SMILES string of the molecule is O=C(O)CCc1ccc(OCc2cccc3c2N(CC2CC2)CC3)cc1F. The van der Waals surface area contributed by atoms with Gasteiger partial charge in [0.2, 0.25) is 0 Å². The van der Waals surface area contributed by atoms with Gasteiger partial charge in [0.1, 0.15) is 18.2 Å². The Kier molecular flexibility index (Phi) is 5.01. The molecule has 1 aliphatic heterocycles. The third-order valence-corrected chi connectivity index (χ3v) is 5.37. The molecule has 0 bridgehead atoms. The normalized spacial score (nSPS) is 15.7. The van der Waals surface area contributed by atoms with E-state index in [0.29, 0.717) is 17.9 Å². The predicted molar refractivity (Wildman–Crippen MR) is 102 cm³/mol. The van der Waals surface area contributed by atoms with E-state index in [1.165, 1.54) is 30.2 Å². The number of carboxylic acid groups (broad SMARTS) is 1. The van der Waals surface area contributed by atoms with Crippen LogP contribution in [0.5, 0.6) is 5.75 Å². The van der Waals surface area contributed by atoms with Gasteiger partial charge in [0.05, 0.1) is 0 Å². The third-order valence-electron chi connectivity index (χ3n) is 5.37. The maximum Gasteiger partial charge on any atom is 0.303 e. The second-order valence-corrected chi connectivity index (χ2v) is 7.50. The van der Waals surface area contributed by atoms with Gasteiger partial charge in [-0.3, -0.25) is 4.79 Å². The Morgan fingerprint density at radius 2 is 2.07 bits per heavy atom. The van der Waals surface area contributed by atoms with Crippen LogP contribution in [0.15, 0.2) is 36.4 Å². The molecule has 0 unspecified atom stereocenters. The minimum absolute atomic E-state index is 0.0793. The Bertz CT molecular complexity index is 847. The second kappa shape index (κ2) is 7.59. The number of carboxylic acids is 1. The number of nitrogens with zero attached hydrogens (tertiary/aromatic N) is 1. The molecule has 142 valence electrons. The summed E-state index contributed by atoms with van der Waals surface area (Å²) in [5, 5.41) is 8.74. The van der Waals surface area contributed by atoms with Crippen molar-refractivity contribution in [1.29, 1.82) is 0 Å². The highest BCUT2D eigenvalue weighted by molar-refractivity contribution is 5.67. The summed E-state index contributed by atoms with van der Waals surface area (Å²) in [4.78, 5) is 13.1. The number of anilines is 1. The van der Waals surface area contributed by atoms with Crippen molar-refractivity contribution in [1.82, 2.24) is 0 Å². The van der Waals surface area contributed by atoms with E-state index in [4.69, 9.17) is 9.84 Å². The first kappa shape index (κ1) is 17.8. The van der Waals surface area contributed by atoms with Gasteiger partial charge < -0.3 is 14.7 Å². The largest absolute Gasteiger partial charge is 0.489 e. The number of aliphatic carboxylic acids is 1. The van der Waals surface area contributed by atoms with Crippen LogP contribution in [-0.2, 0) is 24.2 Å². The molecule has 0 atom stereocenters. The number of hydrogen-bond donors (Lipinski definition) is 1. The summed E-state index contributed by atoms with van der Waals surface area (Å²) in [6.45, 7) is 2.59. The molecule has 1 aliphatic carbocycles. The average Bonchev–Trinajstić information content (AvgIpc) is 3.37. The summed E-state index contributed by atoms with van der Waals surface area (Å²) in [5.74, 6) is -0.0425. The van der Waals surface area contributed by atoms with E-state index in [2.05, 4.69) is 23.1 Å². The van der Waals surface area contributed by atoms with Gasteiger partial charge in [-0.2, -0.15) is 0 Å². The third kappa shape index (κ3) is 4.24. The number of aryl methyl sites for hydroxylation is 1. The monoisotopic (exact) mass is 369 g/mol. The topological polar surface area (TPSA) is 49.8 Å². The summed E-state index contributed by atoms with van der Waals surface area (Å²) >= 11 is 0. The minimum Gasteiger partial charge on any atom is -0.489 e. The number of carbonyl (C=O) groups is 1. The zero-order chi connectivity index (χ0) is 18.8. The van der Waals surface area contributed by atoms with E-state index in [1.54, 1.807) is 12.1 Å². The number of rotatable bonds is 8. The molecule has 2 aromatic carbocycles. The summed E-state index contributed by atoms with van der Waals surface area (Å²) in [5.41, 5.74) is 4.21. The smallest absolute Gasteiger partial charge is 0.303 e. The summed E-state index contributed by atoms with van der Waals surface area (Å²) in [6.07, 6.45) is 3.84. The van der Waals surface area contributed by atoms with Crippen molar-refractivity contribution < 1.29 is 19.0 Å². The molecule has 1 heterocycles. The van der Waals surface area contributed by atoms with Crippen molar-refractivity contribution in [3.63, 3.8) is 0 Å². The lowest BCUT2D eigenvalue weighted by Crippen LogP contribution is -2.24. The molecule has 1 N–H and O–H groups in total. The highest BCUT2D eigenvalue weighted by Crippen LogP contribution is 2.37. The Labute approximate surface area is 158 Å². The van der Waals surface area contributed by atoms with E-state index in [0.717, 1.165) is 31.0 Å². The number of hydrogen-bond acceptors (Lipinski definition) is 3.